The van der Waals surface area contributed by atoms with Crippen LogP contribution in [0.15, 0.2) is 22.7 Å². The second-order valence-corrected chi connectivity index (χ2v) is 5.84. The minimum absolute atomic E-state index is 0.0295. The summed E-state index contributed by atoms with van der Waals surface area (Å²) in [5.74, 6) is -0.855. The molecule has 1 aliphatic heterocycles. The van der Waals surface area contributed by atoms with Gasteiger partial charge in [-0.2, -0.15) is 0 Å². The highest BCUT2D eigenvalue weighted by atomic mass is 79.9. The van der Waals surface area contributed by atoms with E-state index in [-0.39, 0.29) is 18.4 Å². The summed E-state index contributed by atoms with van der Waals surface area (Å²) in [5.41, 5.74) is 0.524. The van der Waals surface area contributed by atoms with E-state index in [1.54, 1.807) is 30.2 Å². The molecule has 20 heavy (non-hydrogen) atoms. The Hall–Kier alpha value is -1.56. The molecule has 0 saturated carbocycles. The van der Waals surface area contributed by atoms with E-state index in [0.717, 1.165) is 0 Å². The number of hydrogen-bond acceptors (Lipinski definition) is 3. The molecule has 1 aromatic rings. The fraction of sp³-hybridized carbons (Fsp3) is 0.429. The van der Waals surface area contributed by atoms with Crippen molar-refractivity contribution in [2.24, 2.45) is 11.8 Å². The Labute approximate surface area is 125 Å². The maximum Gasteiger partial charge on any atom is 0.308 e. The number of methoxy groups -OCH3 is 1. The largest absolute Gasteiger partial charge is 0.496 e. The third-order valence-corrected chi connectivity index (χ3v) is 4.24. The van der Waals surface area contributed by atoms with E-state index >= 15 is 0 Å². The number of likely N-dealkylation sites (tertiary alicyclic amines) is 1. The number of carboxylic acid groups (broad SMARTS) is 1. The van der Waals surface area contributed by atoms with E-state index in [9.17, 15) is 9.59 Å². The summed E-state index contributed by atoms with van der Waals surface area (Å²) in [6.07, 6.45) is 0. The predicted octanol–water partition coefficient (Wildman–Crippen LogP) is 2.25. The summed E-state index contributed by atoms with van der Waals surface area (Å²) in [7, 11) is 1.56. The number of amides is 1. The van der Waals surface area contributed by atoms with Crippen LogP contribution in [0.4, 0.5) is 0 Å². The molecule has 2 unspecified atom stereocenters. The summed E-state index contributed by atoms with van der Waals surface area (Å²) >= 11 is 3.34. The van der Waals surface area contributed by atoms with Crippen LogP contribution in [0, 0.1) is 11.8 Å². The van der Waals surface area contributed by atoms with Crippen LogP contribution in [-0.2, 0) is 4.79 Å². The van der Waals surface area contributed by atoms with E-state index in [0.29, 0.717) is 22.3 Å². The summed E-state index contributed by atoms with van der Waals surface area (Å²) in [4.78, 5) is 25.1. The van der Waals surface area contributed by atoms with Gasteiger partial charge in [0.2, 0.25) is 0 Å². The number of benzene rings is 1. The van der Waals surface area contributed by atoms with Crippen LogP contribution in [0.3, 0.4) is 0 Å². The van der Waals surface area contributed by atoms with E-state index in [1.165, 1.54) is 0 Å². The van der Waals surface area contributed by atoms with Gasteiger partial charge in [0.25, 0.3) is 5.91 Å². The van der Waals surface area contributed by atoms with E-state index < -0.39 is 11.9 Å². The topological polar surface area (TPSA) is 66.8 Å². The van der Waals surface area contributed by atoms with Gasteiger partial charge in [0.15, 0.2) is 0 Å². The summed E-state index contributed by atoms with van der Waals surface area (Å²) in [5, 5.41) is 9.10. The number of carbonyl (C=O) groups excluding carboxylic acids is 1. The minimum Gasteiger partial charge on any atom is -0.496 e. The Morgan fingerprint density at radius 3 is 2.60 bits per heavy atom. The van der Waals surface area contributed by atoms with Gasteiger partial charge >= 0.3 is 5.97 Å². The molecule has 0 bridgehead atoms. The van der Waals surface area contributed by atoms with Crippen LogP contribution < -0.4 is 4.74 Å². The van der Waals surface area contributed by atoms with Crippen molar-refractivity contribution in [3.8, 4) is 5.75 Å². The zero-order valence-electron chi connectivity index (χ0n) is 11.3. The Balaban J connectivity index is 2.16. The fourth-order valence-electron chi connectivity index (χ4n) is 2.44. The molecule has 1 fully saturated rings. The van der Waals surface area contributed by atoms with Crippen LogP contribution in [-0.4, -0.2) is 42.1 Å². The van der Waals surface area contributed by atoms with Crippen molar-refractivity contribution in [1.82, 2.24) is 4.90 Å². The average Bonchev–Trinajstić information content (AvgIpc) is 2.80. The molecule has 108 valence electrons. The number of carbonyl (C=O) groups is 2. The van der Waals surface area contributed by atoms with Gasteiger partial charge in [-0.15, -0.1) is 0 Å². The number of aliphatic carboxylic acids is 1. The molecule has 2 rings (SSSR count). The highest BCUT2D eigenvalue weighted by molar-refractivity contribution is 9.10. The van der Waals surface area contributed by atoms with Crippen molar-refractivity contribution in [1.29, 1.82) is 0 Å². The normalized spacial score (nSPS) is 21.9. The Morgan fingerprint density at radius 1 is 1.40 bits per heavy atom. The molecule has 2 atom stereocenters. The molecule has 0 aromatic heterocycles. The van der Waals surface area contributed by atoms with Crippen molar-refractivity contribution in [3.05, 3.63) is 28.2 Å². The van der Waals surface area contributed by atoms with Gasteiger partial charge in [-0.25, -0.2) is 0 Å². The zero-order chi connectivity index (χ0) is 14.9. The molecular formula is C14H16BrNO4. The molecule has 1 N–H and O–H groups in total. The lowest BCUT2D eigenvalue weighted by Gasteiger charge is -2.16. The Kier molecular flexibility index (Phi) is 4.32. The van der Waals surface area contributed by atoms with Crippen molar-refractivity contribution < 1.29 is 19.4 Å². The Bertz CT molecular complexity index is 546. The van der Waals surface area contributed by atoms with Crippen molar-refractivity contribution in [2.75, 3.05) is 20.2 Å². The SMILES string of the molecule is COc1ccc(C(=O)N2CC(C)C(C(=O)O)C2)cc1Br. The standard InChI is InChI=1S/C14H16BrNO4/c1-8-6-16(7-10(8)14(18)19)13(17)9-3-4-12(20-2)11(15)5-9/h3-5,8,10H,6-7H2,1-2H3,(H,18,19). The first-order chi connectivity index (χ1) is 9.43. The smallest absolute Gasteiger partial charge is 0.308 e. The molecule has 1 heterocycles. The third kappa shape index (κ3) is 2.80. The lowest BCUT2D eigenvalue weighted by Crippen LogP contribution is -2.29. The number of hydrogen-bond donors (Lipinski definition) is 1. The van der Waals surface area contributed by atoms with Crippen molar-refractivity contribution in [3.63, 3.8) is 0 Å². The fourth-order valence-corrected chi connectivity index (χ4v) is 2.98. The van der Waals surface area contributed by atoms with E-state index in [2.05, 4.69) is 15.9 Å². The maximum absolute atomic E-state index is 12.4. The van der Waals surface area contributed by atoms with Crippen LogP contribution in [0.1, 0.15) is 17.3 Å². The number of rotatable bonds is 3. The lowest BCUT2D eigenvalue weighted by atomic mass is 9.99. The molecule has 0 radical (unpaired) electrons. The molecule has 6 heteroatoms. The number of ether oxygens (including phenoxy) is 1. The molecule has 5 nitrogen and oxygen atoms in total. The number of nitrogens with zero attached hydrogens (tertiary/aromatic N) is 1. The van der Waals surface area contributed by atoms with Crippen molar-refractivity contribution in [2.45, 2.75) is 6.92 Å². The van der Waals surface area contributed by atoms with E-state index in [4.69, 9.17) is 9.84 Å². The Morgan fingerprint density at radius 2 is 2.10 bits per heavy atom. The lowest BCUT2D eigenvalue weighted by molar-refractivity contribution is -0.142. The van der Waals surface area contributed by atoms with Crippen LogP contribution >= 0.6 is 15.9 Å². The van der Waals surface area contributed by atoms with Gasteiger partial charge in [-0.1, -0.05) is 6.92 Å². The van der Waals surface area contributed by atoms with Gasteiger partial charge in [0.1, 0.15) is 5.75 Å². The van der Waals surface area contributed by atoms with Gasteiger partial charge < -0.3 is 14.7 Å². The van der Waals surface area contributed by atoms with Gasteiger partial charge in [-0.05, 0) is 40.0 Å². The second kappa shape index (κ2) is 5.83. The number of halogens is 1. The summed E-state index contributed by atoms with van der Waals surface area (Å²) < 4.78 is 5.82. The molecule has 1 aromatic carbocycles. The molecule has 1 saturated heterocycles. The van der Waals surface area contributed by atoms with Crippen LogP contribution in [0.5, 0.6) is 5.75 Å². The van der Waals surface area contributed by atoms with Crippen LogP contribution in [0.25, 0.3) is 0 Å². The third-order valence-electron chi connectivity index (χ3n) is 3.62. The number of carboxylic acids is 1. The first-order valence-corrected chi connectivity index (χ1v) is 7.09. The maximum atomic E-state index is 12.4. The van der Waals surface area contributed by atoms with Crippen LogP contribution in [0.2, 0.25) is 0 Å². The minimum atomic E-state index is -0.844. The molecule has 0 aliphatic carbocycles. The first-order valence-electron chi connectivity index (χ1n) is 6.29. The summed E-state index contributed by atoms with van der Waals surface area (Å²) in [6.45, 7) is 2.59. The average molecular weight is 342 g/mol. The highest BCUT2D eigenvalue weighted by Gasteiger charge is 2.37. The second-order valence-electron chi connectivity index (χ2n) is 4.98. The zero-order valence-corrected chi connectivity index (χ0v) is 12.9. The molecule has 1 amide bonds. The van der Waals surface area contributed by atoms with Gasteiger partial charge in [0.05, 0.1) is 17.5 Å². The highest BCUT2D eigenvalue weighted by Crippen LogP contribution is 2.28. The van der Waals surface area contributed by atoms with Gasteiger partial charge in [-0.3, -0.25) is 9.59 Å². The summed E-state index contributed by atoms with van der Waals surface area (Å²) in [6, 6.07) is 5.09. The molecular weight excluding hydrogens is 326 g/mol. The molecule has 1 aliphatic rings. The van der Waals surface area contributed by atoms with Crippen molar-refractivity contribution >= 4 is 27.8 Å². The van der Waals surface area contributed by atoms with Gasteiger partial charge in [0, 0.05) is 18.7 Å². The monoisotopic (exact) mass is 341 g/mol. The predicted molar refractivity (Wildman–Crippen MR) is 76.9 cm³/mol. The first kappa shape index (κ1) is 14.8. The quantitative estimate of drug-likeness (QED) is 0.915. The van der Waals surface area contributed by atoms with E-state index in [1.807, 2.05) is 6.92 Å². The molecule has 0 spiro atoms.